The molecule has 0 aromatic heterocycles. The second-order valence-corrected chi connectivity index (χ2v) is 8.87. The van der Waals surface area contributed by atoms with E-state index in [4.69, 9.17) is 0 Å². The number of aliphatic carboxylic acids is 1. The second kappa shape index (κ2) is 6.65. The first-order valence-corrected chi connectivity index (χ1v) is 9.58. The van der Waals surface area contributed by atoms with E-state index in [9.17, 15) is 18.3 Å². The van der Waals surface area contributed by atoms with Crippen molar-refractivity contribution in [1.82, 2.24) is 4.31 Å². The van der Waals surface area contributed by atoms with Crippen molar-refractivity contribution in [1.29, 1.82) is 0 Å². The molecule has 0 saturated heterocycles. The smallest absolute Gasteiger partial charge is 0.305 e. The minimum atomic E-state index is -3.40. The van der Waals surface area contributed by atoms with Crippen LogP contribution in [-0.2, 0) is 14.8 Å². The van der Waals surface area contributed by atoms with Crippen molar-refractivity contribution in [2.24, 2.45) is 0 Å². The third-order valence-corrected chi connectivity index (χ3v) is 7.75. The second-order valence-electron chi connectivity index (χ2n) is 6.63. The average molecular weight is 317 g/mol. The highest BCUT2D eigenvalue weighted by atomic mass is 32.2. The van der Waals surface area contributed by atoms with Gasteiger partial charge in [-0.2, -0.15) is 4.31 Å². The van der Waals surface area contributed by atoms with Crippen LogP contribution in [0, 0.1) is 0 Å². The van der Waals surface area contributed by atoms with Gasteiger partial charge in [0.2, 0.25) is 10.0 Å². The molecule has 122 valence electrons. The van der Waals surface area contributed by atoms with Gasteiger partial charge in [-0.15, -0.1) is 0 Å². The highest BCUT2D eigenvalue weighted by Gasteiger charge is 2.45. The van der Waals surface area contributed by atoms with Crippen LogP contribution >= 0.6 is 0 Å². The number of carbonyl (C=O) groups is 1. The summed E-state index contributed by atoms with van der Waals surface area (Å²) in [5.41, 5.74) is -0.708. The molecule has 0 aromatic rings. The van der Waals surface area contributed by atoms with Gasteiger partial charge in [0.15, 0.2) is 0 Å². The van der Waals surface area contributed by atoms with Crippen LogP contribution in [0.2, 0.25) is 0 Å². The van der Waals surface area contributed by atoms with Gasteiger partial charge in [-0.05, 0) is 25.7 Å². The van der Waals surface area contributed by atoms with Gasteiger partial charge >= 0.3 is 5.97 Å². The molecule has 2 aliphatic carbocycles. The molecule has 2 saturated carbocycles. The van der Waals surface area contributed by atoms with Crippen molar-refractivity contribution in [3.05, 3.63) is 0 Å². The molecule has 2 aliphatic rings. The Morgan fingerprint density at radius 3 is 2.14 bits per heavy atom. The van der Waals surface area contributed by atoms with E-state index < -0.39 is 21.5 Å². The summed E-state index contributed by atoms with van der Waals surface area (Å²) in [6, 6.07) is 0. The fourth-order valence-electron chi connectivity index (χ4n) is 3.95. The van der Waals surface area contributed by atoms with Gasteiger partial charge in [-0.25, -0.2) is 8.42 Å². The van der Waals surface area contributed by atoms with Gasteiger partial charge in [0, 0.05) is 12.6 Å². The lowest BCUT2D eigenvalue weighted by atomic mass is 9.79. The predicted octanol–water partition coefficient (Wildman–Crippen LogP) is 2.76. The summed E-state index contributed by atoms with van der Waals surface area (Å²) in [5, 5.41) is 8.92. The van der Waals surface area contributed by atoms with Crippen LogP contribution in [0.3, 0.4) is 0 Å². The molecule has 2 fully saturated rings. The number of rotatable bonds is 5. The molecule has 0 aliphatic heterocycles. The Labute approximate surface area is 127 Å². The zero-order valence-corrected chi connectivity index (χ0v) is 13.7. The summed E-state index contributed by atoms with van der Waals surface area (Å²) in [4.78, 5) is 11.3. The predicted molar refractivity (Wildman–Crippen MR) is 81.6 cm³/mol. The van der Waals surface area contributed by atoms with E-state index in [1.54, 1.807) is 7.05 Å². The van der Waals surface area contributed by atoms with Gasteiger partial charge in [-0.3, -0.25) is 4.79 Å². The Bertz CT molecular complexity index is 462. The Morgan fingerprint density at radius 1 is 1.10 bits per heavy atom. The lowest BCUT2D eigenvalue weighted by Crippen LogP contribution is -2.54. The zero-order chi connectivity index (χ0) is 15.5. The van der Waals surface area contributed by atoms with E-state index in [0.717, 1.165) is 51.4 Å². The Balaban J connectivity index is 2.23. The Kier molecular flexibility index (Phi) is 5.30. The Morgan fingerprint density at radius 2 is 1.62 bits per heavy atom. The number of nitrogens with zero attached hydrogens (tertiary/aromatic N) is 1. The van der Waals surface area contributed by atoms with Gasteiger partial charge in [0.1, 0.15) is 0 Å². The fraction of sp³-hybridized carbons (Fsp3) is 0.933. The third kappa shape index (κ3) is 3.59. The molecular weight excluding hydrogens is 290 g/mol. The molecular formula is C15H27NO4S. The molecule has 0 spiro atoms. The van der Waals surface area contributed by atoms with Crippen LogP contribution < -0.4 is 0 Å². The number of carboxylic acid groups (broad SMARTS) is 1. The van der Waals surface area contributed by atoms with E-state index >= 15 is 0 Å². The number of hydrogen-bond acceptors (Lipinski definition) is 3. The highest BCUT2D eigenvalue weighted by Crippen LogP contribution is 2.39. The topological polar surface area (TPSA) is 74.7 Å². The molecule has 5 nitrogen and oxygen atoms in total. The first-order chi connectivity index (χ1) is 9.88. The molecule has 0 atom stereocenters. The minimum Gasteiger partial charge on any atom is -0.481 e. The van der Waals surface area contributed by atoms with E-state index in [1.165, 1.54) is 4.31 Å². The normalized spacial score (nSPS) is 24.1. The summed E-state index contributed by atoms with van der Waals surface area (Å²) in [6.45, 7) is 0. The van der Waals surface area contributed by atoms with Crippen LogP contribution in [0.1, 0.15) is 70.6 Å². The lowest BCUT2D eigenvalue weighted by molar-refractivity contribution is -0.140. The summed E-state index contributed by atoms with van der Waals surface area (Å²) in [7, 11) is -1.79. The Hall–Kier alpha value is -0.620. The summed E-state index contributed by atoms with van der Waals surface area (Å²) in [5.74, 6) is -0.900. The number of hydrogen-bond donors (Lipinski definition) is 1. The average Bonchev–Trinajstić information content (AvgIpc) is 2.47. The van der Waals surface area contributed by atoms with E-state index in [2.05, 4.69) is 0 Å². The van der Waals surface area contributed by atoms with Crippen LogP contribution in [0.4, 0.5) is 0 Å². The highest BCUT2D eigenvalue weighted by molar-refractivity contribution is 7.89. The number of sulfonamides is 1. The van der Waals surface area contributed by atoms with Crippen LogP contribution in [-0.4, -0.2) is 41.6 Å². The molecule has 0 unspecified atom stereocenters. The molecule has 0 radical (unpaired) electrons. The molecule has 0 amide bonds. The summed E-state index contributed by atoms with van der Waals surface area (Å²) in [6.07, 6.45) is 8.63. The van der Waals surface area contributed by atoms with Crippen molar-refractivity contribution in [3.8, 4) is 0 Å². The SMILES string of the molecule is CN(C1(CC(=O)O)CCCCC1)S(=O)(=O)C1CCCCC1. The van der Waals surface area contributed by atoms with Gasteiger partial charge < -0.3 is 5.11 Å². The third-order valence-electron chi connectivity index (χ3n) is 5.29. The molecule has 0 aromatic carbocycles. The molecule has 0 heterocycles. The standard InChI is InChI=1S/C15H27NO4S/c1-16(21(19,20)13-8-4-2-5-9-13)15(12-14(17)18)10-6-3-7-11-15/h13H,2-12H2,1H3,(H,17,18). The maximum absolute atomic E-state index is 12.9. The summed E-state index contributed by atoms with van der Waals surface area (Å²) >= 11 is 0. The van der Waals surface area contributed by atoms with Crippen molar-refractivity contribution in [2.75, 3.05) is 7.05 Å². The monoisotopic (exact) mass is 317 g/mol. The van der Waals surface area contributed by atoms with Crippen molar-refractivity contribution in [2.45, 2.75) is 81.4 Å². The largest absolute Gasteiger partial charge is 0.481 e. The first-order valence-electron chi connectivity index (χ1n) is 8.08. The quantitative estimate of drug-likeness (QED) is 0.846. The molecule has 1 N–H and O–H groups in total. The van der Waals surface area contributed by atoms with Crippen LogP contribution in [0.25, 0.3) is 0 Å². The van der Waals surface area contributed by atoms with Gasteiger partial charge in [0.25, 0.3) is 0 Å². The van der Waals surface area contributed by atoms with Crippen molar-refractivity contribution in [3.63, 3.8) is 0 Å². The van der Waals surface area contributed by atoms with E-state index in [-0.39, 0.29) is 11.7 Å². The van der Waals surface area contributed by atoms with Crippen molar-refractivity contribution >= 4 is 16.0 Å². The van der Waals surface area contributed by atoms with Gasteiger partial charge in [-0.1, -0.05) is 38.5 Å². The van der Waals surface area contributed by atoms with Crippen LogP contribution in [0.5, 0.6) is 0 Å². The van der Waals surface area contributed by atoms with E-state index in [1.807, 2.05) is 0 Å². The lowest BCUT2D eigenvalue weighted by Gasteiger charge is -2.44. The minimum absolute atomic E-state index is 0.0740. The fourth-order valence-corrected chi connectivity index (χ4v) is 6.11. The molecule has 2 rings (SSSR count). The zero-order valence-electron chi connectivity index (χ0n) is 12.9. The maximum Gasteiger partial charge on any atom is 0.305 e. The van der Waals surface area contributed by atoms with Crippen molar-refractivity contribution < 1.29 is 18.3 Å². The maximum atomic E-state index is 12.9. The molecule has 21 heavy (non-hydrogen) atoms. The first kappa shape index (κ1) is 16.7. The van der Waals surface area contributed by atoms with Crippen LogP contribution in [0.15, 0.2) is 0 Å². The number of carboxylic acids is 1. The van der Waals surface area contributed by atoms with E-state index in [0.29, 0.717) is 12.8 Å². The molecule has 0 bridgehead atoms. The molecule has 6 heteroatoms. The summed E-state index contributed by atoms with van der Waals surface area (Å²) < 4.78 is 27.3. The van der Waals surface area contributed by atoms with Gasteiger partial charge in [0.05, 0.1) is 11.7 Å².